The lowest BCUT2D eigenvalue weighted by Crippen LogP contribution is -2.24. The Morgan fingerprint density at radius 2 is 1.76 bits per heavy atom. The fraction of sp³-hybridized carbons (Fsp3) is 0.400. The molecule has 0 bridgehead atoms. The van der Waals surface area contributed by atoms with E-state index >= 15 is 0 Å². The van der Waals surface area contributed by atoms with Gasteiger partial charge in [-0.25, -0.2) is 0 Å². The molecule has 3 rings (SSSR count). The summed E-state index contributed by atoms with van der Waals surface area (Å²) in [6, 6.07) is 15.5. The second kappa shape index (κ2) is 13.6. The number of hydrogen-bond donors (Lipinski definition) is 1. The van der Waals surface area contributed by atoms with Crippen molar-refractivity contribution in [3.8, 4) is 5.69 Å². The van der Waals surface area contributed by atoms with Crippen LogP contribution in [0.15, 0.2) is 53.7 Å². The van der Waals surface area contributed by atoms with Crippen molar-refractivity contribution in [2.24, 2.45) is 0 Å². The maximum Gasteiger partial charge on any atom is 0.220 e. The van der Waals surface area contributed by atoms with Crippen molar-refractivity contribution in [2.45, 2.75) is 69.3 Å². The largest absolute Gasteiger partial charge is 0.349 e. The van der Waals surface area contributed by atoms with Crippen LogP contribution in [0, 0.1) is 0 Å². The summed E-state index contributed by atoms with van der Waals surface area (Å²) in [6.07, 6.45) is 7.42. The van der Waals surface area contributed by atoms with E-state index in [4.69, 9.17) is 23.2 Å². The minimum absolute atomic E-state index is 0.0238. The van der Waals surface area contributed by atoms with Crippen LogP contribution < -0.4 is 5.32 Å². The van der Waals surface area contributed by atoms with Crippen LogP contribution in [0.3, 0.4) is 0 Å². The van der Waals surface area contributed by atoms with Gasteiger partial charge < -0.3 is 5.32 Å². The van der Waals surface area contributed by atoms with Crippen LogP contribution in [0.1, 0.15) is 63.3 Å². The first kappa shape index (κ1) is 25.6. The van der Waals surface area contributed by atoms with Gasteiger partial charge in [0.15, 0.2) is 11.0 Å². The quantitative estimate of drug-likeness (QED) is 0.197. The van der Waals surface area contributed by atoms with Crippen LogP contribution in [0.5, 0.6) is 0 Å². The lowest BCUT2D eigenvalue weighted by Gasteiger charge is -2.13. The molecule has 0 atom stereocenters. The summed E-state index contributed by atoms with van der Waals surface area (Å²) in [4.78, 5) is 12.4. The standard InChI is InChI=1S/C25H30Cl2N4OS/c1-2-3-4-5-6-10-13-24(32)28-17-23-29-30-25(33-18-19-11-8-7-9-12-19)31(23)22-16-20(26)14-15-21(22)27/h7-9,11-12,14-16H,2-6,10,13,17-18H2,1H3,(H,28,32). The number of rotatable bonds is 13. The third-order valence-corrected chi connectivity index (χ3v) is 6.82. The topological polar surface area (TPSA) is 59.8 Å². The Kier molecular flexibility index (Phi) is 10.6. The maximum atomic E-state index is 12.4. The summed E-state index contributed by atoms with van der Waals surface area (Å²) in [7, 11) is 0. The lowest BCUT2D eigenvalue weighted by molar-refractivity contribution is -0.121. The number of carbonyl (C=O) groups excluding carboxylic acids is 1. The number of halogens is 2. The number of unbranched alkanes of at least 4 members (excludes halogenated alkanes) is 5. The van der Waals surface area contributed by atoms with E-state index in [1.807, 2.05) is 22.8 Å². The summed E-state index contributed by atoms with van der Waals surface area (Å²) in [6.45, 7) is 2.48. The summed E-state index contributed by atoms with van der Waals surface area (Å²) in [5.74, 6) is 1.38. The van der Waals surface area contributed by atoms with Crippen molar-refractivity contribution in [1.82, 2.24) is 20.1 Å². The normalized spacial score (nSPS) is 11.0. The van der Waals surface area contributed by atoms with Gasteiger partial charge in [-0.1, -0.05) is 104 Å². The van der Waals surface area contributed by atoms with Gasteiger partial charge in [-0.3, -0.25) is 9.36 Å². The van der Waals surface area contributed by atoms with Crippen molar-refractivity contribution >= 4 is 40.9 Å². The molecule has 0 aliphatic carbocycles. The fourth-order valence-corrected chi connectivity index (χ4v) is 4.75. The highest BCUT2D eigenvalue weighted by Crippen LogP contribution is 2.30. The highest BCUT2D eigenvalue weighted by atomic mass is 35.5. The van der Waals surface area contributed by atoms with E-state index in [9.17, 15) is 4.79 Å². The van der Waals surface area contributed by atoms with Crippen molar-refractivity contribution in [1.29, 1.82) is 0 Å². The van der Waals surface area contributed by atoms with Gasteiger partial charge in [-0.05, 0) is 30.2 Å². The molecule has 176 valence electrons. The SMILES string of the molecule is CCCCCCCCC(=O)NCc1nnc(SCc2ccccc2)n1-c1cc(Cl)ccc1Cl. The van der Waals surface area contributed by atoms with Crippen LogP contribution in [0.4, 0.5) is 0 Å². The Morgan fingerprint density at radius 3 is 2.55 bits per heavy atom. The van der Waals surface area contributed by atoms with Crippen molar-refractivity contribution in [3.63, 3.8) is 0 Å². The Bertz CT molecular complexity index is 1030. The zero-order valence-corrected chi connectivity index (χ0v) is 21.2. The van der Waals surface area contributed by atoms with E-state index in [2.05, 4.69) is 34.6 Å². The third kappa shape index (κ3) is 8.05. The molecular formula is C25H30Cl2N4OS. The zero-order chi connectivity index (χ0) is 23.5. The van der Waals surface area contributed by atoms with E-state index < -0.39 is 0 Å². The Morgan fingerprint density at radius 1 is 1.00 bits per heavy atom. The molecule has 0 saturated heterocycles. The summed E-state index contributed by atoms with van der Waals surface area (Å²) < 4.78 is 1.88. The van der Waals surface area contributed by atoms with Crippen molar-refractivity contribution < 1.29 is 4.79 Å². The molecule has 1 heterocycles. The molecule has 0 unspecified atom stereocenters. The van der Waals surface area contributed by atoms with Crippen molar-refractivity contribution in [3.05, 3.63) is 70.0 Å². The predicted octanol–water partition coefficient (Wildman–Crippen LogP) is 7.23. The average molecular weight is 506 g/mol. The first-order valence-corrected chi connectivity index (χ1v) is 13.2. The van der Waals surface area contributed by atoms with E-state index in [-0.39, 0.29) is 12.5 Å². The minimum atomic E-state index is 0.0238. The van der Waals surface area contributed by atoms with Gasteiger partial charge in [0.2, 0.25) is 5.91 Å². The average Bonchev–Trinajstić information content (AvgIpc) is 3.23. The number of benzene rings is 2. The molecule has 0 aliphatic heterocycles. The number of carbonyl (C=O) groups is 1. The molecule has 0 aliphatic rings. The number of hydrogen-bond acceptors (Lipinski definition) is 4. The molecule has 0 saturated carbocycles. The summed E-state index contributed by atoms with van der Waals surface area (Å²) in [5, 5.41) is 13.5. The van der Waals surface area contributed by atoms with E-state index in [0.717, 1.165) is 18.6 Å². The van der Waals surface area contributed by atoms with Gasteiger partial charge in [0, 0.05) is 17.2 Å². The summed E-state index contributed by atoms with van der Waals surface area (Å²) >= 11 is 14.3. The first-order chi connectivity index (χ1) is 16.1. The van der Waals surface area contributed by atoms with Crippen molar-refractivity contribution in [2.75, 3.05) is 0 Å². The molecule has 2 aromatic carbocycles. The molecule has 5 nitrogen and oxygen atoms in total. The van der Waals surface area contributed by atoms with Gasteiger partial charge in [0.05, 0.1) is 17.3 Å². The number of nitrogens with one attached hydrogen (secondary N) is 1. The highest BCUT2D eigenvalue weighted by molar-refractivity contribution is 7.98. The first-order valence-electron chi connectivity index (χ1n) is 11.4. The van der Waals surface area contributed by atoms with Crippen LogP contribution in [-0.2, 0) is 17.1 Å². The van der Waals surface area contributed by atoms with Gasteiger partial charge in [0.1, 0.15) is 0 Å². The van der Waals surface area contributed by atoms with Gasteiger partial charge in [0.25, 0.3) is 0 Å². The number of aromatic nitrogens is 3. The molecule has 0 spiro atoms. The Labute approximate surface area is 210 Å². The van der Waals surface area contributed by atoms with E-state index in [1.54, 1.807) is 30.0 Å². The smallest absolute Gasteiger partial charge is 0.220 e. The third-order valence-electron chi connectivity index (χ3n) is 5.26. The van der Waals surface area contributed by atoms with E-state index in [1.165, 1.54) is 31.2 Å². The van der Waals surface area contributed by atoms with Crippen LogP contribution in [0.25, 0.3) is 5.69 Å². The predicted molar refractivity (Wildman–Crippen MR) is 137 cm³/mol. The highest BCUT2D eigenvalue weighted by Gasteiger charge is 2.18. The maximum absolute atomic E-state index is 12.4. The molecule has 33 heavy (non-hydrogen) atoms. The molecule has 3 aromatic rings. The number of amides is 1. The molecule has 1 aromatic heterocycles. The lowest BCUT2D eigenvalue weighted by atomic mass is 10.1. The molecule has 1 amide bonds. The van der Waals surface area contributed by atoms with Gasteiger partial charge in [-0.2, -0.15) is 0 Å². The Hall–Kier alpha value is -2.02. The van der Waals surface area contributed by atoms with Crippen LogP contribution in [-0.4, -0.2) is 20.7 Å². The zero-order valence-electron chi connectivity index (χ0n) is 18.9. The van der Waals surface area contributed by atoms with Crippen LogP contribution in [0.2, 0.25) is 10.0 Å². The number of nitrogens with zero attached hydrogens (tertiary/aromatic N) is 3. The molecule has 0 fully saturated rings. The fourth-order valence-electron chi connectivity index (χ4n) is 3.46. The summed E-state index contributed by atoms with van der Waals surface area (Å²) in [5.41, 5.74) is 1.88. The second-order valence-electron chi connectivity index (χ2n) is 7.90. The van der Waals surface area contributed by atoms with E-state index in [0.29, 0.717) is 33.1 Å². The number of thioether (sulfide) groups is 1. The molecule has 8 heteroatoms. The Balaban J connectivity index is 1.68. The molecular weight excluding hydrogens is 475 g/mol. The van der Waals surface area contributed by atoms with Gasteiger partial charge in [-0.15, -0.1) is 10.2 Å². The minimum Gasteiger partial charge on any atom is -0.349 e. The molecule has 0 radical (unpaired) electrons. The second-order valence-corrected chi connectivity index (χ2v) is 9.68. The monoisotopic (exact) mass is 504 g/mol. The molecule has 1 N–H and O–H groups in total. The van der Waals surface area contributed by atoms with Gasteiger partial charge >= 0.3 is 0 Å². The van der Waals surface area contributed by atoms with Crippen LogP contribution >= 0.6 is 35.0 Å².